The Kier molecular flexibility index (Phi) is 3.24. The van der Waals surface area contributed by atoms with Gasteiger partial charge in [-0.1, -0.05) is 0 Å². The molecule has 2 aromatic heterocycles. The summed E-state index contributed by atoms with van der Waals surface area (Å²) in [6.45, 7) is 3.36. The van der Waals surface area contributed by atoms with Gasteiger partial charge in [-0.15, -0.1) is 0 Å². The first-order valence-corrected chi connectivity index (χ1v) is 6.48. The number of aromatic amines is 1. The SMILES string of the molecule is Nc1ccc(N2CCN(c3cc(=O)[nH]cn3)CC2)cn1. The largest absolute Gasteiger partial charge is 0.384 e. The molecule has 3 heterocycles. The van der Waals surface area contributed by atoms with E-state index in [1.54, 1.807) is 12.3 Å². The van der Waals surface area contributed by atoms with Crippen LogP contribution in [0.2, 0.25) is 0 Å². The normalized spacial score (nSPS) is 15.4. The number of nitrogens with zero attached hydrogens (tertiary/aromatic N) is 4. The van der Waals surface area contributed by atoms with Crippen molar-refractivity contribution in [1.82, 2.24) is 15.0 Å². The number of hydrogen-bond acceptors (Lipinski definition) is 6. The van der Waals surface area contributed by atoms with E-state index < -0.39 is 0 Å². The van der Waals surface area contributed by atoms with Crippen LogP contribution in [0.4, 0.5) is 17.3 Å². The average Bonchev–Trinajstić information content (AvgIpc) is 2.48. The Morgan fingerprint density at radius 3 is 2.50 bits per heavy atom. The van der Waals surface area contributed by atoms with Crippen LogP contribution in [0.3, 0.4) is 0 Å². The standard InChI is InChI=1S/C13H16N6O/c14-11-2-1-10(8-15-11)18-3-5-19(6-4-18)12-7-13(20)17-9-16-12/h1-2,7-9H,3-6H2,(H2,14,15)(H,16,17,20). The zero-order chi connectivity index (χ0) is 13.9. The molecular weight excluding hydrogens is 256 g/mol. The van der Waals surface area contributed by atoms with E-state index in [2.05, 4.69) is 24.8 Å². The van der Waals surface area contributed by atoms with E-state index in [0.29, 0.717) is 5.82 Å². The van der Waals surface area contributed by atoms with Crippen molar-refractivity contribution in [2.24, 2.45) is 0 Å². The molecule has 0 unspecified atom stereocenters. The van der Waals surface area contributed by atoms with E-state index >= 15 is 0 Å². The van der Waals surface area contributed by atoms with Gasteiger partial charge in [0, 0.05) is 32.2 Å². The summed E-state index contributed by atoms with van der Waals surface area (Å²) in [7, 11) is 0. The summed E-state index contributed by atoms with van der Waals surface area (Å²) in [6.07, 6.45) is 3.23. The molecule has 20 heavy (non-hydrogen) atoms. The fourth-order valence-corrected chi connectivity index (χ4v) is 2.31. The van der Waals surface area contributed by atoms with Gasteiger partial charge in [0.15, 0.2) is 0 Å². The smallest absolute Gasteiger partial charge is 0.252 e. The number of H-pyrrole nitrogens is 1. The van der Waals surface area contributed by atoms with Crippen LogP contribution in [0.15, 0.2) is 35.5 Å². The van der Waals surface area contributed by atoms with Crippen molar-refractivity contribution >= 4 is 17.3 Å². The quantitative estimate of drug-likeness (QED) is 0.804. The molecule has 3 rings (SSSR count). The highest BCUT2D eigenvalue weighted by Crippen LogP contribution is 2.18. The van der Waals surface area contributed by atoms with E-state index in [0.717, 1.165) is 37.7 Å². The molecule has 104 valence electrons. The summed E-state index contributed by atoms with van der Waals surface area (Å²) in [4.78, 5) is 26.5. The molecule has 1 fully saturated rings. The summed E-state index contributed by atoms with van der Waals surface area (Å²) in [5.74, 6) is 1.25. The van der Waals surface area contributed by atoms with E-state index in [1.165, 1.54) is 12.4 Å². The molecule has 0 bridgehead atoms. The molecule has 0 radical (unpaired) electrons. The molecular formula is C13H16N6O. The first-order valence-electron chi connectivity index (χ1n) is 6.48. The minimum atomic E-state index is -0.125. The summed E-state index contributed by atoms with van der Waals surface area (Å²) < 4.78 is 0. The first kappa shape index (κ1) is 12.5. The zero-order valence-electron chi connectivity index (χ0n) is 11.0. The summed E-state index contributed by atoms with van der Waals surface area (Å²) in [5, 5.41) is 0. The maximum Gasteiger partial charge on any atom is 0.252 e. The fraction of sp³-hybridized carbons (Fsp3) is 0.308. The molecule has 0 saturated carbocycles. The van der Waals surface area contributed by atoms with Crippen LogP contribution in [-0.4, -0.2) is 41.1 Å². The number of piperazine rings is 1. The minimum absolute atomic E-state index is 0.125. The van der Waals surface area contributed by atoms with Crippen molar-refractivity contribution in [2.45, 2.75) is 0 Å². The van der Waals surface area contributed by atoms with Crippen molar-refractivity contribution in [3.05, 3.63) is 41.1 Å². The van der Waals surface area contributed by atoms with Crippen LogP contribution in [-0.2, 0) is 0 Å². The molecule has 3 N–H and O–H groups in total. The van der Waals surface area contributed by atoms with Gasteiger partial charge in [0.05, 0.1) is 18.2 Å². The Labute approximate surface area is 116 Å². The highest BCUT2D eigenvalue weighted by atomic mass is 16.1. The monoisotopic (exact) mass is 272 g/mol. The Hall–Kier alpha value is -2.57. The van der Waals surface area contributed by atoms with Crippen LogP contribution in [0, 0.1) is 0 Å². The Morgan fingerprint density at radius 2 is 1.85 bits per heavy atom. The third kappa shape index (κ3) is 2.56. The van der Waals surface area contributed by atoms with Crippen molar-refractivity contribution in [3.8, 4) is 0 Å². The van der Waals surface area contributed by atoms with Crippen LogP contribution >= 0.6 is 0 Å². The molecule has 0 aliphatic carbocycles. The van der Waals surface area contributed by atoms with Crippen LogP contribution in [0.1, 0.15) is 0 Å². The van der Waals surface area contributed by atoms with Crippen molar-refractivity contribution in [2.75, 3.05) is 41.7 Å². The van der Waals surface area contributed by atoms with Crippen LogP contribution < -0.4 is 21.1 Å². The second-order valence-electron chi connectivity index (χ2n) is 4.68. The lowest BCUT2D eigenvalue weighted by Gasteiger charge is -2.36. The van der Waals surface area contributed by atoms with E-state index in [1.807, 2.05) is 6.07 Å². The molecule has 1 aliphatic heterocycles. The second kappa shape index (κ2) is 5.20. The van der Waals surface area contributed by atoms with Gasteiger partial charge in [0.1, 0.15) is 11.6 Å². The number of nitrogens with two attached hydrogens (primary N) is 1. The summed E-state index contributed by atoms with van der Waals surface area (Å²) in [6, 6.07) is 5.31. The number of nitrogen functional groups attached to an aromatic ring is 1. The summed E-state index contributed by atoms with van der Waals surface area (Å²) in [5.41, 5.74) is 6.53. The lowest BCUT2D eigenvalue weighted by atomic mass is 10.2. The lowest BCUT2D eigenvalue weighted by Crippen LogP contribution is -2.47. The topological polar surface area (TPSA) is 91.1 Å². The molecule has 2 aromatic rings. The molecule has 0 atom stereocenters. The third-order valence-electron chi connectivity index (χ3n) is 3.40. The summed E-state index contributed by atoms with van der Waals surface area (Å²) >= 11 is 0. The van der Waals surface area contributed by atoms with Crippen LogP contribution in [0.25, 0.3) is 0 Å². The predicted molar refractivity (Wildman–Crippen MR) is 77.9 cm³/mol. The van der Waals surface area contributed by atoms with Gasteiger partial charge in [0.2, 0.25) is 0 Å². The van der Waals surface area contributed by atoms with Crippen LogP contribution in [0.5, 0.6) is 0 Å². The van der Waals surface area contributed by atoms with Gasteiger partial charge in [-0.3, -0.25) is 4.79 Å². The number of anilines is 3. The molecule has 0 aromatic carbocycles. The number of nitrogens with one attached hydrogen (secondary N) is 1. The highest BCUT2D eigenvalue weighted by Gasteiger charge is 2.18. The van der Waals surface area contributed by atoms with E-state index in [9.17, 15) is 4.79 Å². The van der Waals surface area contributed by atoms with E-state index in [4.69, 9.17) is 5.73 Å². The van der Waals surface area contributed by atoms with Gasteiger partial charge in [-0.05, 0) is 12.1 Å². The molecule has 0 amide bonds. The first-order chi connectivity index (χ1) is 9.72. The molecule has 0 spiro atoms. The number of hydrogen-bond donors (Lipinski definition) is 2. The number of aromatic nitrogens is 3. The lowest BCUT2D eigenvalue weighted by molar-refractivity contribution is 0.645. The highest BCUT2D eigenvalue weighted by molar-refractivity contribution is 5.50. The van der Waals surface area contributed by atoms with Crippen molar-refractivity contribution in [3.63, 3.8) is 0 Å². The Bertz CT molecular complexity index is 630. The number of pyridine rings is 1. The fourth-order valence-electron chi connectivity index (χ4n) is 2.31. The average molecular weight is 272 g/mol. The molecule has 7 heteroatoms. The van der Waals surface area contributed by atoms with Gasteiger partial charge < -0.3 is 20.5 Å². The minimum Gasteiger partial charge on any atom is -0.384 e. The zero-order valence-corrected chi connectivity index (χ0v) is 11.0. The molecule has 1 saturated heterocycles. The Morgan fingerprint density at radius 1 is 1.10 bits per heavy atom. The Balaban J connectivity index is 1.67. The van der Waals surface area contributed by atoms with Crippen molar-refractivity contribution in [1.29, 1.82) is 0 Å². The van der Waals surface area contributed by atoms with Gasteiger partial charge in [0.25, 0.3) is 5.56 Å². The predicted octanol–water partition coefficient (Wildman–Crippen LogP) is 0.0737. The number of rotatable bonds is 2. The van der Waals surface area contributed by atoms with Gasteiger partial charge in [-0.2, -0.15) is 0 Å². The molecule has 7 nitrogen and oxygen atoms in total. The maximum atomic E-state index is 11.3. The third-order valence-corrected chi connectivity index (χ3v) is 3.40. The second-order valence-corrected chi connectivity index (χ2v) is 4.68. The van der Waals surface area contributed by atoms with Gasteiger partial charge in [-0.25, -0.2) is 9.97 Å². The van der Waals surface area contributed by atoms with Gasteiger partial charge >= 0.3 is 0 Å². The van der Waals surface area contributed by atoms with E-state index in [-0.39, 0.29) is 5.56 Å². The molecule has 1 aliphatic rings. The maximum absolute atomic E-state index is 11.3. The van der Waals surface area contributed by atoms with Crippen molar-refractivity contribution < 1.29 is 0 Å².